The highest BCUT2D eigenvalue weighted by molar-refractivity contribution is 9.10. The highest BCUT2D eigenvalue weighted by atomic mass is 79.9. The van der Waals surface area contributed by atoms with E-state index < -0.39 is 5.69 Å². The van der Waals surface area contributed by atoms with Gasteiger partial charge in [0.2, 0.25) is 0 Å². The normalized spacial score (nSPS) is 10.5. The molecule has 0 N–H and O–H groups in total. The second kappa shape index (κ2) is 5.48. The van der Waals surface area contributed by atoms with Gasteiger partial charge in [-0.3, -0.25) is 9.36 Å². The van der Waals surface area contributed by atoms with Crippen LogP contribution < -0.4 is 5.69 Å². The fraction of sp³-hybridized carbons (Fsp3) is 0.214. The van der Waals surface area contributed by atoms with Crippen LogP contribution in [0.1, 0.15) is 21.7 Å². The number of halogens is 1. The standard InChI is InChI=1S/C14H13BrN2O2/c1-9-7-10(2)17(14(19)16-9)8-13(18)11-5-3-4-6-12(11)15/h3-7H,8H2,1-2H3. The van der Waals surface area contributed by atoms with Crippen molar-refractivity contribution in [3.05, 3.63) is 62.2 Å². The monoisotopic (exact) mass is 320 g/mol. The van der Waals surface area contributed by atoms with Crippen LogP contribution in [0.3, 0.4) is 0 Å². The van der Waals surface area contributed by atoms with E-state index in [-0.39, 0.29) is 12.3 Å². The maximum absolute atomic E-state index is 12.2. The molecule has 0 bridgehead atoms. The van der Waals surface area contributed by atoms with Crippen molar-refractivity contribution >= 4 is 21.7 Å². The summed E-state index contributed by atoms with van der Waals surface area (Å²) in [6.07, 6.45) is 0. The number of benzene rings is 1. The Morgan fingerprint density at radius 3 is 2.63 bits per heavy atom. The topological polar surface area (TPSA) is 52.0 Å². The molecular formula is C14H13BrN2O2. The lowest BCUT2D eigenvalue weighted by Gasteiger charge is -2.09. The molecule has 5 heteroatoms. The van der Waals surface area contributed by atoms with E-state index >= 15 is 0 Å². The average Bonchev–Trinajstić information content (AvgIpc) is 2.34. The quantitative estimate of drug-likeness (QED) is 0.816. The van der Waals surface area contributed by atoms with Gasteiger partial charge in [0.05, 0.1) is 6.54 Å². The minimum absolute atomic E-state index is 0.000556. The molecule has 98 valence electrons. The molecule has 0 fully saturated rings. The van der Waals surface area contributed by atoms with Gasteiger partial charge in [0.1, 0.15) is 0 Å². The molecule has 0 atom stereocenters. The van der Waals surface area contributed by atoms with Crippen LogP contribution in [0.2, 0.25) is 0 Å². The van der Waals surface area contributed by atoms with Gasteiger partial charge in [-0.15, -0.1) is 0 Å². The molecule has 4 nitrogen and oxygen atoms in total. The first kappa shape index (κ1) is 13.7. The van der Waals surface area contributed by atoms with Gasteiger partial charge in [-0.1, -0.05) is 34.1 Å². The smallest absolute Gasteiger partial charge is 0.292 e. The third kappa shape index (κ3) is 2.98. The summed E-state index contributed by atoms with van der Waals surface area (Å²) in [7, 11) is 0. The molecule has 0 spiro atoms. The third-order valence-corrected chi connectivity index (χ3v) is 3.51. The lowest BCUT2D eigenvalue weighted by molar-refractivity contribution is 0.0968. The van der Waals surface area contributed by atoms with Crippen molar-refractivity contribution in [1.82, 2.24) is 9.55 Å². The average molecular weight is 321 g/mol. The Balaban J connectivity index is 2.35. The van der Waals surface area contributed by atoms with Crippen molar-refractivity contribution in [3.63, 3.8) is 0 Å². The lowest BCUT2D eigenvalue weighted by Crippen LogP contribution is -2.29. The SMILES string of the molecule is Cc1cc(C)n(CC(=O)c2ccccc2Br)c(=O)n1. The fourth-order valence-corrected chi connectivity index (χ4v) is 2.39. The molecule has 1 aromatic carbocycles. The zero-order chi connectivity index (χ0) is 14.0. The van der Waals surface area contributed by atoms with E-state index in [2.05, 4.69) is 20.9 Å². The van der Waals surface area contributed by atoms with E-state index in [0.29, 0.717) is 11.3 Å². The van der Waals surface area contributed by atoms with Crippen molar-refractivity contribution in [2.45, 2.75) is 20.4 Å². The van der Waals surface area contributed by atoms with E-state index in [4.69, 9.17) is 0 Å². The van der Waals surface area contributed by atoms with Gasteiger partial charge in [0, 0.05) is 21.4 Å². The molecule has 1 aromatic heterocycles. The summed E-state index contributed by atoms with van der Waals surface area (Å²) >= 11 is 3.34. The summed E-state index contributed by atoms with van der Waals surface area (Å²) in [6, 6.07) is 8.95. The minimum Gasteiger partial charge on any atom is -0.292 e. The van der Waals surface area contributed by atoms with Gasteiger partial charge in [0.25, 0.3) is 0 Å². The van der Waals surface area contributed by atoms with E-state index in [1.54, 1.807) is 38.1 Å². The highest BCUT2D eigenvalue weighted by Gasteiger charge is 2.12. The van der Waals surface area contributed by atoms with Crippen molar-refractivity contribution in [1.29, 1.82) is 0 Å². The zero-order valence-corrected chi connectivity index (χ0v) is 12.3. The van der Waals surface area contributed by atoms with E-state index in [0.717, 1.165) is 10.2 Å². The number of hydrogen-bond acceptors (Lipinski definition) is 3. The number of nitrogens with zero attached hydrogens (tertiary/aromatic N) is 2. The molecule has 0 aliphatic heterocycles. The van der Waals surface area contributed by atoms with E-state index in [9.17, 15) is 9.59 Å². The van der Waals surface area contributed by atoms with Crippen LogP contribution in [0.5, 0.6) is 0 Å². The molecule has 0 amide bonds. The van der Waals surface area contributed by atoms with Crippen LogP contribution in [0.25, 0.3) is 0 Å². The number of carbonyl (C=O) groups is 1. The van der Waals surface area contributed by atoms with Crippen molar-refractivity contribution in [2.24, 2.45) is 0 Å². The summed E-state index contributed by atoms with van der Waals surface area (Å²) in [5.74, 6) is -0.122. The number of aryl methyl sites for hydroxylation is 2. The lowest BCUT2D eigenvalue weighted by atomic mass is 10.1. The van der Waals surface area contributed by atoms with Gasteiger partial charge in [0.15, 0.2) is 5.78 Å². The van der Waals surface area contributed by atoms with Crippen LogP contribution in [-0.2, 0) is 6.54 Å². The minimum atomic E-state index is -0.391. The molecule has 0 unspecified atom stereocenters. The van der Waals surface area contributed by atoms with Crippen LogP contribution in [0.4, 0.5) is 0 Å². The second-order valence-corrected chi connectivity index (χ2v) is 5.16. The Bertz CT molecular complexity index is 692. The number of hydrogen-bond donors (Lipinski definition) is 0. The summed E-state index contributed by atoms with van der Waals surface area (Å²) in [6.45, 7) is 3.55. The summed E-state index contributed by atoms with van der Waals surface area (Å²) in [5.41, 5.74) is 1.57. The van der Waals surface area contributed by atoms with Crippen LogP contribution in [0.15, 0.2) is 39.6 Å². The molecule has 2 rings (SSSR count). The zero-order valence-electron chi connectivity index (χ0n) is 10.7. The van der Waals surface area contributed by atoms with Crippen LogP contribution >= 0.6 is 15.9 Å². The fourth-order valence-electron chi connectivity index (χ4n) is 1.88. The molecule has 0 saturated heterocycles. The number of aromatic nitrogens is 2. The predicted molar refractivity (Wildman–Crippen MR) is 76.4 cm³/mol. The Morgan fingerprint density at radius 2 is 2.00 bits per heavy atom. The summed E-state index contributed by atoms with van der Waals surface area (Å²) in [4.78, 5) is 27.9. The first-order valence-electron chi connectivity index (χ1n) is 5.82. The molecule has 19 heavy (non-hydrogen) atoms. The van der Waals surface area contributed by atoms with Gasteiger partial charge >= 0.3 is 5.69 Å². The van der Waals surface area contributed by atoms with Crippen molar-refractivity contribution < 1.29 is 4.79 Å². The maximum atomic E-state index is 12.2. The largest absolute Gasteiger partial charge is 0.348 e. The summed E-state index contributed by atoms with van der Waals surface area (Å²) in [5, 5.41) is 0. The van der Waals surface area contributed by atoms with Gasteiger partial charge in [-0.05, 0) is 26.0 Å². The van der Waals surface area contributed by atoms with Crippen molar-refractivity contribution in [3.8, 4) is 0 Å². The number of carbonyl (C=O) groups excluding carboxylic acids is 1. The van der Waals surface area contributed by atoms with Gasteiger partial charge in [-0.25, -0.2) is 4.79 Å². The summed E-state index contributed by atoms with van der Waals surface area (Å²) < 4.78 is 2.11. The third-order valence-electron chi connectivity index (χ3n) is 2.82. The van der Waals surface area contributed by atoms with Crippen LogP contribution in [0, 0.1) is 13.8 Å². The number of ketones is 1. The van der Waals surface area contributed by atoms with E-state index in [1.807, 2.05) is 6.07 Å². The molecular weight excluding hydrogens is 308 g/mol. The van der Waals surface area contributed by atoms with E-state index in [1.165, 1.54) is 4.57 Å². The maximum Gasteiger partial charge on any atom is 0.348 e. The van der Waals surface area contributed by atoms with Gasteiger partial charge < -0.3 is 0 Å². The second-order valence-electron chi connectivity index (χ2n) is 4.31. The Hall–Kier alpha value is -1.75. The molecule has 0 radical (unpaired) electrons. The first-order valence-corrected chi connectivity index (χ1v) is 6.61. The molecule has 2 aromatic rings. The molecule has 0 saturated carbocycles. The van der Waals surface area contributed by atoms with Crippen molar-refractivity contribution in [2.75, 3.05) is 0 Å². The molecule has 0 aliphatic carbocycles. The Labute approximate surface area is 119 Å². The Morgan fingerprint density at radius 1 is 1.32 bits per heavy atom. The molecule has 1 heterocycles. The number of rotatable bonds is 3. The predicted octanol–water partition coefficient (Wildman–Crippen LogP) is 2.51. The highest BCUT2D eigenvalue weighted by Crippen LogP contribution is 2.17. The molecule has 0 aliphatic rings. The number of Topliss-reactive ketones (excluding diaryl/α,β-unsaturated/α-hetero) is 1. The van der Waals surface area contributed by atoms with Crippen LogP contribution in [-0.4, -0.2) is 15.3 Å². The Kier molecular flexibility index (Phi) is 3.95. The van der Waals surface area contributed by atoms with Gasteiger partial charge in [-0.2, -0.15) is 4.98 Å². The first-order chi connectivity index (χ1) is 8.99.